The van der Waals surface area contributed by atoms with Crippen LogP contribution in [0.1, 0.15) is 20.3 Å². The Morgan fingerprint density at radius 3 is 2.75 bits per heavy atom. The van der Waals surface area contributed by atoms with E-state index in [-0.39, 0.29) is 0 Å². The van der Waals surface area contributed by atoms with Gasteiger partial charge in [-0.15, -0.1) is 5.73 Å². The molecule has 0 aromatic carbocycles. The lowest BCUT2D eigenvalue weighted by Crippen LogP contribution is -1.47. The van der Waals surface area contributed by atoms with Gasteiger partial charge in [0.05, 0.1) is 0 Å². The molecule has 0 aliphatic rings. The van der Waals surface area contributed by atoms with Crippen LogP contribution in [0.2, 0.25) is 0 Å². The first-order chi connectivity index (χ1) is 3.91. The van der Waals surface area contributed by atoms with E-state index in [9.17, 15) is 0 Å². The van der Waals surface area contributed by atoms with E-state index in [0.29, 0.717) is 0 Å². The molecule has 0 nitrogen and oxygen atoms in total. The number of rotatable bonds is 2. The lowest BCUT2D eigenvalue weighted by Gasteiger charge is -1.68. The Bertz CT molecular complexity index is 112. The van der Waals surface area contributed by atoms with Crippen LogP contribution in [0, 0.1) is 0 Å². The van der Waals surface area contributed by atoms with Crippen molar-refractivity contribution in [2.24, 2.45) is 0 Å². The van der Waals surface area contributed by atoms with Crippen LogP contribution in [0.15, 0.2) is 30.0 Å². The molecular formula is C8H12. The standard InChI is InChI=1S/C8H12/c1-3-5-7-8-6-4-2/h3,6-8H,4H2,1-2H3/b8-6+. The van der Waals surface area contributed by atoms with Crippen molar-refractivity contribution in [2.75, 3.05) is 0 Å². The molecule has 0 spiro atoms. The van der Waals surface area contributed by atoms with Gasteiger partial charge in [-0.2, -0.15) is 0 Å². The normalized spacial score (nSPS) is 8.75. The second kappa shape index (κ2) is 6.26. The van der Waals surface area contributed by atoms with Gasteiger partial charge in [-0.3, -0.25) is 0 Å². The first-order valence-electron chi connectivity index (χ1n) is 2.94. The first kappa shape index (κ1) is 7.26. The van der Waals surface area contributed by atoms with Gasteiger partial charge in [0.1, 0.15) is 0 Å². The van der Waals surface area contributed by atoms with Crippen LogP contribution in [0.5, 0.6) is 0 Å². The third-order valence-electron chi connectivity index (χ3n) is 0.731. The minimum Gasteiger partial charge on any atom is -0.126 e. The summed E-state index contributed by atoms with van der Waals surface area (Å²) < 4.78 is 0. The molecule has 0 heterocycles. The fourth-order valence-corrected chi connectivity index (χ4v) is 0.356. The monoisotopic (exact) mass is 108 g/mol. The number of hydrogen-bond acceptors (Lipinski definition) is 0. The molecule has 0 bridgehead atoms. The van der Waals surface area contributed by atoms with Crippen LogP contribution in [-0.4, -0.2) is 0 Å². The summed E-state index contributed by atoms with van der Waals surface area (Å²) in [5.41, 5.74) is 2.95. The molecule has 44 valence electrons. The molecule has 8 heavy (non-hydrogen) atoms. The van der Waals surface area contributed by atoms with E-state index >= 15 is 0 Å². The van der Waals surface area contributed by atoms with E-state index in [1.165, 1.54) is 0 Å². The Kier molecular flexibility index (Phi) is 5.68. The van der Waals surface area contributed by atoms with Crippen molar-refractivity contribution >= 4 is 0 Å². The molecule has 0 aromatic rings. The van der Waals surface area contributed by atoms with Crippen molar-refractivity contribution in [2.45, 2.75) is 20.3 Å². The van der Waals surface area contributed by atoms with E-state index in [2.05, 4.69) is 18.7 Å². The fraction of sp³-hybridized carbons (Fsp3) is 0.375. The van der Waals surface area contributed by atoms with Crippen molar-refractivity contribution in [3.8, 4) is 0 Å². The number of hydrogen-bond donors (Lipinski definition) is 0. The molecule has 0 rings (SSSR count). The van der Waals surface area contributed by atoms with Crippen molar-refractivity contribution < 1.29 is 0 Å². The molecule has 0 aliphatic heterocycles. The highest BCUT2D eigenvalue weighted by molar-refractivity contribution is 5.01. The van der Waals surface area contributed by atoms with Crippen LogP contribution >= 0.6 is 0 Å². The fourth-order valence-electron chi connectivity index (χ4n) is 0.356. The Hall–Kier alpha value is -0.740. The summed E-state index contributed by atoms with van der Waals surface area (Å²) in [6, 6.07) is 0. The zero-order chi connectivity index (χ0) is 6.24. The average Bonchev–Trinajstić information content (AvgIpc) is 1.81. The van der Waals surface area contributed by atoms with Gasteiger partial charge < -0.3 is 0 Å². The molecule has 0 unspecified atom stereocenters. The molecule has 0 atom stereocenters. The molecule has 0 aliphatic carbocycles. The van der Waals surface area contributed by atoms with Gasteiger partial charge in [-0.25, -0.2) is 0 Å². The molecular weight excluding hydrogens is 96.1 g/mol. The smallest absolute Gasteiger partial charge is 0.0206 e. The quantitative estimate of drug-likeness (QED) is 0.377. The van der Waals surface area contributed by atoms with E-state index in [1.807, 2.05) is 25.2 Å². The van der Waals surface area contributed by atoms with Crippen LogP contribution < -0.4 is 0 Å². The van der Waals surface area contributed by atoms with Gasteiger partial charge in [-0.1, -0.05) is 19.1 Å². The van der Waals surface area contributed by atoms with E-state index in [1.54, 1.807) is 0 Å². The lowest BCUT2D eigenvalue weighted by atomic mass is 10.4. The van der Waals surface area contributed by atoms with E-state index in [0.717, 1.165) is 6.42 Å². The zero-order valence-electron chi connectivity index (χ0n) is 5.52. The van der Waals surface area contributed by atoms with Crippen molar-refractivity contribution in [1.29, 1.82) is 0 Å². The predicted octanol–water partition coefficient (Wildman–Crippen LogP) is 2.68. The summed E-state index contributed by atoms with van der Waals surface area (Å²) in [5, 5.41) is 0. The lowest BCUT2D eigenvalue weighted by molar-refractivity contribution is 1.22. The molecule has 0 fully saturated rings. The molecule has 0 amide bonds. The highest BCUT2D eigenvalue weighted by atomic mass is 13.6. The maximum atomic E-state index is 2.95. The van der Waals surface area contributed by atoms with Crippen molar-refractivity contribution in [3.63, 3.8) is 0 Å². The van der Waals surface area contributed by atoms with Crippen LogP contribution in [-0.2, 0) is 0 Å². The SMILES string of the molecule is CC=C=C/C=C/CC. The Balaban J connectivity index is 3.42. The topological polar surface area (TPSA) is 0 Å². The Labute approximate surface area is 51.2 Å². The largest absolute Gasteiger partial charge is 0.126 e. The average molecular weight is 108 g/mol. The summed E-state index contributed by atoms with van der Waals surface area (Å²) in [7, 11) is 0. The van der Waals surface area contributed by atoms with Gasteiger partial charge in [-0.05, 0) is 25.5 Å². The summed E-state index contributed by atoms with van der Waals surface area (Å²) in [6.45, 7) is 4.07. The summed E-state index contributed by atoms with van der Waals surface area (Å²) in [6.07, 6.45) is 8.99. The van der Waals surface area contributed by atoms with Gasteiger partial charge in [0.25, 0.3) is 0 Å². The molecule has 0 N–H and O–H groups in total. The third-order valence-corrected chi connectivity index (χ3v) is 0.731. The molecule has 0 saturated heterocycles. The Morgan fingerprint density at radius 2 is 2.25 bits per heavy atom. The van der Waals surface area contributed by atoms with Crippen molar-refractivity contribution in [1.82, 2.24) is 0 Å². The van der Waals surface area contributed by atoms with Gasteiger partial charge in [0.2, 0.25) is 0 Å². The summed E-state index contributed by atoms with van der Waals surface area (Å²) in [5.74, 6) is 0. The maximum Gasteiger partial charge on any atom is -0.0206 e. The highest BCUT2D eigenvalue weighted by Gasteiger charge is 1.57. The van der Waals surface area contributed by atoms with Crippen molar-refractivity contribution in [3.05, 3.63) is 30.0 Å². The van der Waals surface area contributed by atoms with Crippen LogP contribution in [0.25, 0.3) is 0 Å². The van der Waals surface area contributed by atoms with Crippen LogP contribution in [0.3, 0.4) is 0 Å². The molecule has 0 saturated carbocycles. The van der Waals surface area contributed by atoms with Gasteiger partial charge in [0.15, 0.2) is 0 Å². The number of allylic oxidation sites excluding steroid dienone is 3. The molecule has 0 radical (unpaired) electrons. The van der Waals surface area contributed by atoms with E-state index < -0.39 is 0 Å². The zero-order valence-corrected chi connectivity index (χ0v) is 5.52. The molecule has 0 heteroatoms. The highest BCUT2D eigenvalue weighted by Crippen LogP contribution is 1.78. The molecule has 0 aromatic heterocycles. The minimum atomic E-state index is 1.10. The first-order valence-corrected chi connectivity index (χ1v) is 2.94. The summed E-state index contributed by atoms with van der Waals surface area (Å²) in [4.78, 5) is 0. The maximum absolute atomic E-state index is 2.95. The Morgan fingerprint density at radius 1 is 1.50 bits per heavy atom. The van der Waals surface area contributed by atoms with Gasteiger partial charge in [0, 0.05) is 0 Å². The van der Waals surface area contributed by atoms with E-state index in [4.69, 9.17) is 0 Å². The second-order valence-corrected chi connectivity index (χ2v) is 1.46. The third kappa shape index (κ3) is 5.26. The van der Waals surface area contributed by atoms with Gasteiger partial charge >= 0.3 is 0 Å². The minimum absolute atomic E-state index is 1.10. The second-order valence-electron chi connectivity index (χ2n) is 1.46. The summed E-state index contributed by atoms with van der Waals surface area (Å²) >= 11 is 0. The predicted molar refractivity (Wildman–Crippen MR) is 37.8 cm³/mol. The van der Waals surface area contributed by atoms with Crippen LogP contribution in [0.4, 0.5) is 0 Å².